The number of aromatic amines is 1. The molecule has 0 saturated heterocycles. The van der Waals surface area contributed by atoms with Crippen LogP contribution in [0.15, 0.2) is 54.9 Å². The van der Waals surface area contributed by atoms with Gasteiger partial charge in [-0.15, -0.1) is 0 Å². The van der Waals surface area contributed by atoms with E-state index in [2.05, 4.69) is 42.2 Å². The molecule has 0 bridgehead atoms. The molecule has 146 valence electrons. The Bertz CT molecular complexity index is 1440. The number of H-pyrrole nitrogens is 1. The van der Waals surface area contributed by atoms with E-state index in [1.54, 1.807) is 16.9 Å². The van der Waals surface area contributed by atoms with E-state index < -0.39 is 0 Å². The Morgan fingerprint density at radius 3 is 2.90 bits per heavy atom. The molecule has 5 heterocycles. The van der Waals surface area contributed by atoms with Crippen LogP contribution in [0.3, 0.4) is 0 Å². The average molecular weight is 395 g/mol. The molecule has 0 aliphatic heterocycles. The highest BCUT2D eigenvalue weighted by Crippen LogP contribution is 2.28. The first-order valence-corrected chi connectivity index (χ1v) is 9.34. The van der Waals surface area contributed by atoms with Crippen molar-refractivity contribution in [3.8, 4) is 23.2 Å². The van der Waals surface area contributed by atoms with E-state index in [-0.39, 0.29) is 6.61 Å². The molecular weight excluding hydrogens is 378 g/mol. The van der Waals surface area contributed by atoms with Gasteiger partial charge in [-0.1, -0.05) is 12.0 Å². The molecule has 30 heavy (non-hydrogen) atoms. The van der Waals surface area contributed by atoms with Crippen LogP contribution in [0.25, 0.3) is 28.1 Å². The first kappa shape index (κ1) is 17.8. The third-order valence-electron chi connectivity index (χ3n) is 4.61. The van der Waals surface area contributed by atoms with E-state index in [0.717, 1.165) is 34.0 Å². The largest absolute Gasteiger partial charge is 0.384 e. The van der Waals surface area contributed by atoms with Gasteiger partial charge in [-0.05, 0) is 37.1 Å². The number of aliphatic hydroxyl groups is 1. The maximum absolute atomic E-state index is 8.93. The summed E-state index contributed by atoms with van der Waals surface area (Å²) in [5, 5.41) is 17.7. The molecule has 0 saturated carbocycles. The van der Waals surface area contributed by atoms with Crippen LogP contribution in [-0.4, -0.2) is 41.3 Å². The maximum atomic E-state index is 8.93. The Morgan fingerprint density at radius 2 is 2.03 bits per heavy atom. The third kappa shape index (κ3) is 3.23. The fourth-order valence-corrected chi connectivity index (χ4v) is 3.29. The van der Waals surface area contributed by atoms with Crippen molar-refractivity contribution in [1.29, 1.82) is 0 Å². The van der Waals surface area contributed by atoms with Crippen LogP contribution in [-0.2, 0) is 0 Å². The molecule has 0 radical (unpaired) electrons. The van der Waals surface area contributed by atoms with Crippen molar-refractivity contribution in [3.63, 3.8) is 0 Å². The van der Waals surface area contributed by atoms with Gasteiger partial charge in [-0.3, -0.25) is 4.98 Å². The molecule has 0 aromatic carbocycles. The number of fused-ring (bicyclic) bond motifs is 2. The number of nitrogens with one attached hydrogen (secondary N) is 2. The smallest absolute Gasteiger partial charge is 0.158 e. The van der Waals surface area contributed by atoms with Crippen molar-refractivity contribution in [1.82, 2.24) is 29.5 Å². The molecule has 5 aromatic heterocycles. The number of aromatic nitrogens is 6. The second-order valence-corrected chi connectivity index (χ2v) is 6.68. The highest BCUT2D eigenvalue weighted by Gasteiger charge is 2.12. The zero-order valence-corrected chi connectivity index (χ0v) is 16.1. The molecule has 0 fully saturated rings. The lowest BCUT2D eigenvalue weighted by Crippen LogP contribution is -2.03. The summed E-state index contributed by atoms with van der Waals surface area (Å²) in [6.07, 6.45) is 3.43. The summed E-state index contributed by atoms with van der Waals surface area (Å²) in [7, 11) is 0. The average Bonchev–Trinajstić information content (AvgIpc) is 3.39. The van der Waals surface area contributed by atoms with E-state index >= 15 is 0 Å². The number of hydrogen-bond acceptors (Lipinski definition) is 6. The maximum Gasteiger partial charge on any atom is 0.158 e. The molecule has 5 aromatic rings. The van der Waals surface area contributed by atoms with E-state index in [1.807, 2.05) is 49.4 Å². The Hall–Kier alpha value is -4.22. The van der Waals surface area contributed by atoms with Gasteiger partial charge in [0, 0.05) is 29.4 Å². The zero-order chi connectivity index (χ0) is 20.5. The molecule has 0 aliphatic rings. The zero-order valence-electron chi connectivity index (χ0n) is 16.1. The summed E-state index contributed by atoms with van der Waals surface area (Å²) >= 11 is 0. The molecule has 0 atom stereocenters. The quantitative estimate of drug-likeness (QED) is 0.406. The molecule has 3 N–H and O–H groups in total. The summed E-state index contributed by atoms with van der Waals surface area (Å²) in [6.45, 7) is 1.76. The number of aliphatic hydroxyl groups excluding tert-OH is 1. The minimum Gasteiger partial charge on any atom is -0.384 e. The van der Waals surface area contributed by atoms with Crippen molar-refractivity contribution >= 4 is 28.2 Å². The van der Waals surface area contributed by atoms with Crippen LogP contribution in [0.5, 0.6) is 0 Å². The Balaban J connectivity index is 1.62. The van der Waals surface area contributed by atoms with Crippen molar-refractivity contribution < 1.29 is 5.11 Å². The predicted molar refractivity (Wildman–Crippen MR) is 114 cm³/mol. The molecule has 0 amide bonds. The summed E-state index contributed by atoms with van der Waals surface area (Å²) < 4.78 is 1.74. The first-order chi connectivity index (χ1) is 14.7. The minimum atomic E-state index is -0.196. The highest BCUT2D eigenvalue weighted by molar-refractivity contribution is 5.92. The van der Waals surface area contributed by atoms with E-state index in [1.165, 1.54) is 0 Å². The van der Waals surface area contributed by atoms with Crippen LogP contribution >= 0.6 is 0 Å². The van der Waals surface area contributed by atoms with Gasteiger partial charge < -0.3 is 15.4 Å². The fraction of sp³-hybridized carbons (Fsp3) is 0.0909. The summed E-state index contributed by atoms with van der Waals surface area (Å²) in [5.41, 5.74) is 5.43. The third-order valence-corrected chi connectivity index (χ3v) is 4.61. The molecule has 0 unspecified atom stereocenters. The van der Waals surface area contributed by atoms with Crippen molar-refractivity contribution in [3.05, 3.63) is 66.2 Å². The van der Waals surface area contributed by atoms with Gasteiger partial charge >= 0.3 is 0 Å². The monoisotopic (exact) mass is 395 g/mol. The van der Waals surface area contributed by atoms with E-state index in [0.29, 0.717) is 17.0 Å². The molecule has 8 nitrogen and oxygen atoms in total. The van der Waals surface area contributed by atoms with Crippen molar-refractivity contribution in [2.45, 2.75) is 6.92 Å². The van der Waals surface area contributed by atoms with Crippen LogP contribution in [0.4, 0.5) is 11.5 Å². The van der Waals surface area contributed by atoms with Crippen LogP contribution < -0.4 is 5.32 Å². The van der Waals surface area contributed by atoms with Crippen molar-refractivity contribution in [2.24, 2.45) is 0 Å². The molecule has 0 spiro atoms. The number of pyridine rings is 2. The van der Waals surface area contributed by atoms with Gasteiger partial charge in [-0.2, -0.15) is 9.61 Å². The number of aryl methyl sites for hydroxylation is 1. The minimum absolute atomic E-state index is 0.196. The van der Waals surface area contributed by atoms with Crippen molar-refractivity contribution in [2.75, 3.05) is 11.9 Å². The highest BCUT2D eigenvalue weighted by atomic mass is 16.2. The van der Waals surface area contributed by atoms with E-state index in [9.17, 15) is 0 Å². The number of hydrogen-bond donors (Lipinski definition) is 3. The van der Waals surface area contributed by atoms with Gasteiger partial charge in [0.1, 0.15) is 18.1 Å². The lowest BCUT2D eigenvalue weighted by Gasteiger charge is -2.11. The fourth-order valence-electron chi connectivity index (χ4n) is 3.29. The number of nitrogens with zero attached hydrogens (tertiary/aromatic N) is 5. The predicted octanol–water partition coefficient (Wildman–Crippen LogP) is 3.06. The molecular formula is C22H17N7O. The van der Waals surface area contributed by atoms with Crippen LogP contribution in [0.2, 0.25) is 0 Å². The Morgan fingerprint density at radius 1 is 1.10 bits per heavy atom. The molecule has 8 heteroatoms. The Labute approximate surface area is 171 Å². The Kier molecular flexibility index (Phi) is 4.35. The SMILES string of the molecule is Cc1cccc(-c2cc(Nc3ccnc4[nH]c(C#CCO)cc34)n3nccc3n2)n1. The normalized spacial score (nSPS) is 10.9. The lowest BCUT2D eigenvalue weighted by atomic mass is 10.2. The topological polar surface area (TPSA) is 104 Å². The summed E-state index contributed by atoms with van der Waals surface area (Å²) in [5.74, 6) is 6.27. The lowest BCUT2D eigenvalue weighted by molar-refractivity contribution is 0.350. The second-order valence-electron chi connectivity index (χ2n) is 6.68. The number of anilines is 2. The van der Waals surface area contributed by atoms with Crippen LogP contribution in [0.1, 0.15) is 11.4 Å². The molecule has 0 aliphatic carbocycles. The van der Waals surface area contributed by atoms with Gasteiger partial charge in [0.05, 0.1) is 29.0 Å². The van der Waals surface area contributed by atoms with Gasteiger partial charge in [0.2, 0.25) is 0 Å². The summed E-state index contributed by atoms with van der Waals surface area (Å²) in [4.78, 5) is 16.8. The molecule has 5 rings (SSSR count). The summed E-state index contributed by atoms with van der Waals surface area (Å²) in [6, 6.07) is 13.4. The van der Waals surface area contributed by atoms with Crippen LogP contribution in [0, 0.1) is 18.8 Å². The van der Waals surface area contributed by atoms with Gasteiger partial charge in [-0.25, -0.2) is 9.97 Å². The van der Waals surface area contributed by atoms with Gasteiger partial charge in [0.25, 0.3) is 0 Å². The standard InChI is InChI=1S/C22H17N7O/c1-14-4-2-6-18(25-14)19-13-21(29-20(28-19)8-10-24-29)27-17-7-9-23-22-16(17)12-15(26-22)5-3-11-30/h2,4,6-10,12-13,30H,11H2,1H3,(H2,23,26,27). The van der Waals surface area contributed by atoms with Gasteiger partial charge in [0.15, 0.2) is 5.65 Å². The van der Waals surface area contributed by atoms with E-state index in [4.69, 9.17) is 5.11 Å². The second kappa shape index (κ2) is 7.31. The number of rotatable bonds is 3. The first-order valence-electron chi connectivity index (χ1n) is 9.34.